The fraction of sp³-hybridized carbons (Fsp3) is 0. The highest BCUT2D eigenvalue weighted by atomic mass is 32.2. The van der Waals surface area contributed by atoms with Gasteiger partial charge in [-0.15, -0.1) is 0 Å². The average molecular weight is 572 g/mol. The lowest BCUT2D eigenvalue weighted by molar-refractivity contribution is 0.682. The molecule has 0 spiro atoms. The zero-order valence-corrected chi connectivity index (χ0v) is 23.9. The standard InChI is InChI=1S/C38H25N3OS/c42-43(28-16-5-2-6-17-28)38(23-26-13-7-10-20-33(26)39-43)41-35-22-12-9-19-30(35)32-24-36-31(25-37(32)41)29-18-8-11-21-34(29)40(36)27-14-3-1-4-15-27/h1-25H. The Morgan fingerprint density at radius 3 is 1.72 bits per heavy atom. The van der Waals surface area contributed by atoms with Crippen molar-refractivity contribution in [3.05, 3.63) is 151 Å². The fourth-order valence-corrected chi connectivity index (χ4v) is 8.72. The van der Waals surface area contributed by atoms with E-state index in [1.54, 1.807) is 0 Å². The second-order valence-electron chi connectivity index (χ2n) is 10.9. The van der Waals surface area contributed by atoms with Crippen LogP contribution >= 0.6 is 0 Å². The van der Waals surface area contributed by atoms with Gasteiger partial charge in [-0.25, -0.2) is 4.21 Å². The molecule has 43 heavy (non-hydrogen) atoms. The van der Waals surface area contributed by atoms with Crippen LogP contribution in [0, 0.1) is 0 Å². The Labute approximate surface area is 248 Å². The molecule has 1 aliphatic heterocycles. The van der Waals surface area contributed by atoms with Gasteiger partial charge in [-0.1, -0.05) is 91.0 Å². The Hall–Kier alpha value is -5.39. The molecule has 0 amide bonds. The Morgan fingerprint density at radius 1 is 0.488 bits per heavy atom. The Balaban J connectivity index is 1.45. The van der Waals surface area contributed by atoms with Gasteiger partial charge in [0.05, 0.1) is 32.6 Å². The summed E-state index contributed by atoms with van der Waals surface area (Å²) >= 11 is 0. The maximum absolute atomic E-state index is 15.3. The maximum Gasteiger partial charge on any atom is 0.126 e. The van der Waals surface area contributed by atoms with Crippen molar-refractivity contribution in [3.63, 3.8) is 0 Å². The van der Waals surface area contributed by atoms with E-state index in [1.807, 2.05) is 54.6 Å². The van der Waals surface area contributed by atoms with Crippen molar-refractivity contribution in [1.29, 1.82) is 0 Å². The van der Waals surface area contributed by atoms with Gasteiger partial charge < -0.3 is 9.13 Å². The molecular formula is C38H25N3OS. The molecule has 5 heteroatoms. The van der Waals surface area contributed by atoms with Gasteiger partial charge in [0.25, 0.3) is 0 Å². The van der Waals surface area contributed by atoms with E-state index in [9.17, 15) is 0 Å². The fourth-order valence-electron chi connectivity index (χ4n) is 6.58. The average Bonchev–Trinajstić information content (AvgIpc) is 3.56. The highest BCUT2D eigenvalue weighted by Crippen LogP contribution is 2.44. The molecule has 204 valence electrons. The lowest BCUT2D eigenvalue weighted by Gasteiger charge is -2.22. The summed E-state index contributed by atoms with van der Waals surface area (Å²) in [5.74, 6) is 0. The van der Waals surface area contributed by atoms with Crippen molar-refractivity contribution in [2.75, 3.05) is 0 Å². The van der Waals surface area contributed by atoms with Gasteiger partial charge in [-0.2, -0.15) is 4.36 Å². The van der Waals surface area contributed by atoms with E-state index < -0.39 is 9.73 Å². The van der Waals surface area contributed by atoms with Crippen molar-refractivity contribution in [2.45, 2.75) is 4.90 Å². The summed E-state index contributed by atoms with van der Waals surface area (Å²) in [7, 11) is -3.02. The summed E-state index contributed by atoms with van der Waals surface area (Å²) in [4.78, 5) is 0.698. The molecule has 2 aromatic heterocycles. The molecule has 0 radical (unpaired) electrons. The number of fused-ring (bicyclic) bond motifs is 7. The molecule has 4 nitrogen and oxygen atoms in total. The van der Waals surface area contributed by atoms with Gasteiger partial charge in [-0.3, -0.25) is 0 Å². The Kier molecular flexibility index (Phi) is 5.10. The maximum atomic E-state index is 15.3. The van der Waals surface area contributed by atoms with E-state index in [0.717, 1.165) is 55.2 Å². The van der Waals surface area contributed by atoms with Gasteiger partial charge in [0.1, 0.15) is 14.8 Å². The van der Waals surface area contributed by atoms with Crippen LogP contribution in [0.4, 0.5) is 5.69 Å². The molecule has 1 atom stereocenters. The highest BCUT2D eigenvalue weighted by Gasteiger charge is 2.28. The van der Waals surface area contributed by atoms with E-state index in [-0.39, 0.29) is 0 Å². The van der Waals surface area contributed by atoms with Crippen molar-refractivity contribution in [2.24, 2.45) is 4.36 Å². The first kappa shape index (κ1) is 24.2. The number of hydrogen-bond acceptors (Lipinski definition) is 2. The normalized spacial score (nSPS) is 16.4. The highest BCUT2D eigenvalue weighted by molar-refractivity contribution is 8.02. The number of hydrogen-bond donors (Lipinski definition) is 0. The third-order valence-corrected chi connectivity index (χ3v) is 10.7. The summed E-state index contributed by atoms with van der Waals surface area (Å²) in [6.45, 7) is 0. The summed E-state index contributed by atoms with van der Waals surface area (Å²) in [5, 5.41) is 5.22. The molecule has 9 rings (SSSR count). The van der Waals surface area contributed by atoms with Crippen molar-refractivity contribution in [3.8, 4) is 5.69 Å². The van der Waals surface area contributed by atoms with Crippen LogP contribution in [0.15, 0.2) is 155 Å². The number of aromatic nitrogens is 2. The predicted octanol–water partition coefficient (Wildman–Crippen LogP) is 10.0. The zero-order chi connectivity index (χ0) is 28.5. The van der Waals surface area contributed by atoms with Gasteiger partial charge in [0.2, 0.25) is 0 Å². The van der Waals surface area contributed by atoms with E-state index in [1.165, 1.54) is 5.39 Å². The first-order chi connectivity index (χ1) is 21.2. The zero-order valence-electron chi connectivity index (χ0n) is 23.1. The predicted molar refractivity (Wildman–Crippen MR) is 179 cm³/mol. The molecule has 3 heterocycles. The number of benzene rings is 6. The van der Waals surface area contributed by atoms with E-state index in [2.05, 4.69) is 106 Å². The molecule has 0 fully saturated rings. The third kappa shape index (κ3) is 3.46. The first-order valence-corrected chi connectivity index (χ1v) is 15.9. The van der Waals surface area contributed by atoms with Gasteiger partial charge in [0.15, 0.2) is 0 Å². The van der Waals surface area contributed by atoms with E-state index >= 15 is 4.21 Å². The Morgan fingerprint density at radius 2 is 1.02 bits per heavy atom. The number of nitrogens with zero attached hydrogens (tertiary/aromatic N) is 3. The molecule has 0 bridgehead atoms. The first-order valence-electron chi connectivity index (χ1n) is 14.4. The van der Waals surface area contributed by atoms with Crippen LogP contribution in [0.3, 0.4) is 0 Å². The van der Waals surface area contributed by atoms with Gasteiger partial charge in [-0.05, 0) is 60.7 Å². The van der Waals surface area contributed by atoms with Gasteiger partial charge >= 0.3 is 0 Å². The monoisotopic (exact) mass is 571 g/mol. The van der Waals surface area contributed by atoms with Crippen molar-refractivity contribution < 1.29 is 4.21 Å². The van der Waals surface area contributed by atoms with Crippen LogP contribution < -0.4 is 0 Å². The van der Waals surface area contributed by atoms with Gasteiger partial charge in [0, 0.05) is 32.8 Å². The van der Waals surface area contributed by atoms with Crippen LogP contribution in [0.25, 0.3) is 60.4 Å². The molecule has 1 unspecified atom stereocenters. The second-order valence-corrected chi connectivity index (χ2v) is 13.0. The minimum atomic E-state index is -3.02. The topological polar surface area (TPSA) is 39.3 Å². The van der Waals surface area contributed by atoms with Crippen LogP contribution in [-0.2, 0) is 9.73 Å². The minimum Gasteiger partial charge on any atom is -0.309 e. The second kappa shape index (κ2) is 9.05. The molecule has 0 saturated carbocycles. The largest absolute Gasteiger partial charge is 0.309 e. The molecule has 0 aliphatic carbocycles. The van der Waals surface area contributed by atoms with Crippen molar-refractivity contribution in [1.82, 2.24) is 9.13 Å². The van der Waals surface area contributed by atoms with Crippen LogP contribution in [0.2, 0.25) is 0 Å². The summed E-state index contributed by atoms with van der Waals surface area (Å²) in [6, 6.07) is 49.7. The van der Waals surface area contributed by atoms with Crippen LogP contribution in [-0.4, -0.2) is 13.3 Å². The third-order valence-electron chi connectivity index (χ3n) is 8.49. The number of rotatable bonds is 3. The lowest BCUT2D eigenvalue weighted by atomic mass is 10.1. The molecule has 1 aliphatic rings. The Bertz CT molecular complexity index is 2550. The molecule has 8 aromatic rings. The lowest BCUT2D eigenvalue weighted by Crippen LogP contribution is -2.12. The molecule has 0 N–H and O–H groups in total. The van der Waals surface area contributed by atoms with E-state index in [0.29, 0.717) is 9.92 Å². The summed E-state index contributed by atoms with van der Waals surface area (Å²) in [6.07, 6.45) is 2.07. The van der Waals surface area contributed by atoms with Crippen molar-refractivity contribution >= 4 is 70.1 Å². The molecular weight excluding hydrogens is 547 g/mol. The SMILES string of the molecule is O=S1(c2ccccc2)=Nc2ccccc2C=C1n1c2ccccc2c2cc3c(cc21)c1ccccc1n3-c1ccccc1. The smallest absolute Gasteiger partial charge is 0.126 e. The number of para-hydroxylation sites is 3. The van der Waals surface area contributed by atoms with E-state index in [4.69, 9.17) is 4.36 Å². The molecule has 6 aromatic carbocycles. The minimum absolute atomic E-state index is 0.676. The summed E-state index contributed by atoms with van der Waals surface area (Å²) < 4.78 is 24.8. The quantitative estimate of drug-likeness (QED) is 0.208. The molecule has 0 saturated heterocycles. The van der Waals surface area contributed by atoms with Crippen LogP contribution in [0.5, 0.6) is 0 Å². The van der Waals surface area contributed by atoms with Crippen LogP contribution in [0.1, 0.15) is 5.56 Å². The summed E-state index contributed by atoms with van der Waals surface area (Å²) in [5.41, 5.74) is 7.13.